The molecule has 2 aromatic carbocycles. The van der Waals surface area contributed by atoms with Gasteiger partial charge in [0.2, 0.25) is 0 Å². The molecule has 0 aliphatic heterocycles. The molecule has 1 aliphatic rings. The number of fused-ring (bicyclic) bond motifs is 1. The van der Waals surface area contributed by atoms with Gasteiger partial charge in [-0.25, -0.2) is 13.2 Å². The molecule has 158 valence electrons. The predicted octanol–water partition coefficient (Wildman–Crippen LogP) is 5.66. The largest absolute Gasteiger partial charge is 0.352 e. The number of benzene rings is 2. The van der Waals surface area contributed by atoms with Crippen LogP contribution in [0, 0.1) is 23.4 Å². The van der Waals surface area contributed by atoms with Crippen LogP contribution in [0.3, 0.4) is 0 Å². The van der Waals surface area contributed by atoms with Gasteiger partial charge >= 0.3 is 0 Å². The van der Waals surface area contributed by atoms with Crippen LogP contribution in [0.2, 0.25) is 0 Å². The van der Waals surface area contributed by atoms with Crippen molar-refractivity contribution in [3.05, 3.63) is 59.4 Å². The Morgan fingerprint density at radius 2 is 1.77 bits per heavy atom. The topological polar surface area (TPSA) is 36.1 Å². The molecular formula is C24H25F3N2O. The number of hydrogen-bond acceptors (Lipinski definition) is 2. The van der Waals surface area contributed by atoms with Crippen LogP contribution in [0.1, 0.15) is 37.7 Å². The van der Waals surface area contributed by atoms with E-state index in [1.165, 1.54) is 18.2 Å². The highest BCUT2D eigenvalue weighted by molar-refractivity contribution is 5.92. The summed E-state index contributed by atoms with van der Waals surface area (Å²) in [6, 6.07) is 8.06. The first-order valence-corrected chi connectivity index (χ1v) is 10.2. The summed E-state index contributed by atoms with van der Waals surface area (Å²) >= 11 is 0. The lowest BCUT2D eigenvalue weighted by Crippen LogP contribution is -2.35. The van der Waals surface area contributed by atoms with E-state index in [4.69, 9.17) is 0 Å². The standard InChI is InChI=1S/C24H25F3N2O/c1-13(29(2)3)21(30)10-14-8-16(9-14)22-19-11-18(26)12-20(27)24(19)28-23(22)15-4-6-17(25)7-5-15/h4-7,11-14,16,28H,8-10H2,1-3H3/t13?,14-,16-. The van der Waals surface area contributed by atoms with Crippen molar-refractivity contribution in [1.29, 1.82) is 0 Å². The second-order valence-electron chi connectivity index (χ2n) is 8.58. The molecule has 1 heterocycles. The zero-order valence-corrected chi connectivity index (χ0v) is 17.3. The molecule has 0 bridgehead atoms. The lowest BCUT2D eigenvalue weighted by Gasteiger charge is -2.36. The van der Waals surface area contributed by atoms with E-state index in [0.717, 1.165) is 30.0 Å². The quantitative estimate of drug-likeness (QED) is 0.565. The number of likely N-dealkylation sites (N-methyl/N-ethyl adjacent to an activating group) is 1. The lowest BCUT2D eigenvalue weighted by molar-refractivity contribution is -0.124. The average Bonchev–Trinajstić information content (AvgIpc) is 3.03. The number of nitrogens with zero attached hydrogens (tertiary/aromatic N) is 1. The summed E-state index contributed by atoms with van der Waals surface area (Å²) in [6.07, 6.45) is 2.07. The van der Waals surface area contributed by atoms with Crippen LogP contribution in [0.15, 0.2) is 36.4 Å². The van der Waals surface area contributed by atoms with Crippen LogP contribution in [-0.4, -0.2) is 35.8 Å². The van der Waals surface area contributed by atoms with Crippen molar-refractivity contribution in [2.24, 2.45) is 5.92 Å². The first-order chi connectivity index (χ1) is 14.2. The third-order valence-corrected chi connectivity index (χ3v) is 6.37. The molecule has 0 radical (unpaired) electrons. The highest BCUT2D eigenvalue weighted by Gasteiger charge is 2.36. The summed E-state index contributed by atoms with van der Waals surface area (Å²) in [7, 11) is 3.77. The van der Waals surface area contributed by atoms with E-state index in [1.807, 2.05) is 25.9 Å². The molecule has 1 N–H and O–H groups in total. The van der Waals surface area contributed by atoms with Crippen LogP contribution in [-0.2, 0) is 4.79 Å². The van der Waals surface area contributed by atoms with Gasteiger partial charge in [0.15, 0.2) is 0 Å². The molecule has 1 atom stereocenters. The van der Waals surface area contributed by atoms with Gasteiger partial charge in [0.05, 0.1) is 17.3 Å². The van der Waals surface area contributed by atoms with Gasteiger partial charge in [0.25, 0.3) is 0 Å². The Balaban J connectivity index is 1.66. The normalized spacial score (nSPS) is 19.8. The van der Waals surface area contributed by atoms with Crippen LogP contribution in [0.5, 0.6) is 0 Å². The van der Waals surface area contributed by atoms with E-state index >= 15 is 0 Å². The Labute approximate surface area is 173 Å². The first-order valence-electron chi connectivity index (χ1n) is 10.2. The molecule has 1 fully saturated rings. The maximum absolute atomic E-state index is 14.4. The fourth-order valence-electron chi connectivity index (χ4n) is 4.39. The predicted molar refractivity (Wildman–Crippen MR) is 112 cm³/mol. The van der Waals surface area contributed by atoms with E-state index in [0.29, 0.717) is 17.5 Å². The molecule has 1 aliphatic carbocycles. The molecule has 0 amide bonds. The number of carbonyl (C=O) groups is 1. The zero-order valence-electron chi connectivity index (χ0n) is 17.3. The molecular weight excluding hydrogens is 389 g/mol. The smallest absolute Gasteiger partial charge is 0.150 e. The van der Waals surface area contributed by atoms with Crippen molar-refractivity contribution in [1.82, 2.24) is 9.88 Å². The van der Waals surface area contributed by atoms with Crippen LogP contribution in [0.25, 0.3) is 22.2 Å². The molecule has 3 nitrogen and oxygen atoms in total. The van der Waals surface area contributed by atoms with E-state index in [1.54, 1.807) is 12.1 Å². The van der Waals surface area contributed by atoms with E-state index in [2.05, 4.69) is 4.98 Å². The van der Waals surface area contributed by atoms with Crippen LogP contribution < -0.4 is 0 Å². The number of H-pyrrole nitrogens is 1. The number of Topliss-reactive ketones (excluding diaryl/α,β-unsaturated/α-hetero) is 1. The zero-order chi connectivity index (χ0) is 21.6. The van der Waals surface area contributed by atoms with Crippen LogP contribution in [0.4, 0.5) is 13.2 Å². The Morgan fingerprint density at radius 3 is 2.40 bits per heavy atom. The van der Waals surface area contributed by atoms with E-state index < -0.39 is 11.6 Å². The Kier molecular flexibility index (Phi) is 5.45. The number of aromatic nitrogens is 1. The summed E-state index contributed by atoms with van der Waals surface area (Å²) < 4.78 is 41.8. The minimum absolute atomic E-state index is 0.0902. The summed E-state index contributed by atoms with van der Waals surface area (Å²) in [5, 5.41) is 0.517. The fraction of sp³-hybridized carbons (Fsp3) is 0.375. The number of hydrogen-bond donors (Lipinski definition) is 1. The Bertz CT molecular complexity index is 1080. The van der Waals surface area contributed by atoms with Gasteiger partial charge in [-0.15, -0.1) is 0 Å². The fourth-order valence-corrected chi connectivity index (χ4v) is 4.39. The van der Waals surface area contributed by atoms with Crippen molar-refractivity contribution in [3.8, 4) is 11.3 Å². The van der Waals surface area contributed by atoms with E-state index in [9.17, 15) is 18.0 Å². The maximum atomic E-state index is 14.4. The van der Waals surface area contributed by atoms with Gasteiger partial charge < -0.3 is 4.98 Å². The summed E-state index contributed by atoms with van der Waals surface area (Å²) in [4.78, 5) is 17.4. The molecule has 30 heavy (non-hydrogen) atoms. The molecule has 1 aromatic heterocycles. The molecule has 1 saturated carbocycles. The average molecular weight is 414 g/mol. The lowest BCUT2D eigenvalue weighted by atomic mass is 9.68. The van der Waals surface area contributed by atoms with Gasteiger partial charge in [0, 0.05) is 17.9 Å². The number of rotatable bonds is 6. The Morgan fingerprint density at radius 1 is 1.10 bits per heavy atom. The summed E-state index contributed by atoms with van der Waals surface area (Å²) in [5.74, 6) is -1.08. The van der Waals surface area contributed by atoms with Gasteiger partial charge in [-0.1, -0.05) is 0 Å². The molecule has 1 unspecified atom stereocenters. The second-order valence-corrected chi connectivity index (χ2v) is 8.58. The Hall–Kier alpha value is -2.60. The van der Waals surface area contributed by atoms with Gasteiger partial charge in [-0.2, -0.15) is 0 Å². The number of aromatic amines is 1. The molecule has 3 aromatic rings. The van der Waals surface area contributed by atoms with Crippen molar-refractivity contribution in [3.63, 3.8) is 0 Å². The first kappa shape index (κ1) is 20.7. The van der Waals surface area contributed by atoms with Crippen molar-refractivity contribution >= 4 is 16.7 Å². The molecule has 4 rings (SSSR count). The maximum Gasteiger partial charge on any atom is 0.150 e. The third-order valence-electron chi connectivity index (χ3n) is 6.37. The third kappa shape index (κ3) is 3.76. The monoisotopic (exact) mass is 414 g/mol. The minimum Gasteiger partial charge on any atom is -0.352 e. The van der Waals surface area contributed by atoms with Crippen molar-refractivity contribution in [2.45, 2.75) is 38.1 Å². The van der Waals surface area contributed by atoms with Crippen molar-refractivity contribution < 1.29 is 18.0 Å². The minimum atomic E-state index is -0.648. The number of carbonyl (C=O) groups excluding carboxylic acids is 1. The SMILES string of the molecule is CC(C(=O)C[C@H]1C[C@H](c2c(-c3ccc(F)cc3)[nH]c3c(F)cc(F)cc32)C1)N(C)C. The second kappa shape index (κ2) is 7.91. The number of ketones is 1. The summed E-state index contributed by atoms with van der Waals surface area (Å²) in [6.45, 7) is 1.90. The molecule has 6 heteroatoms. The highest BCUT2D eigenvalue weighted by Crippen LogP contribution is 2.49. The van der Waals surface area contributed by atoms with Crippen LogP contribution >= 0.6 is 0 Å². The molecule has 0 saturated heterocycles. The van der Waals surface area contributed by atoms with Gasteiger partial charge in [0.1, 0.15) is 23.2 Å². The molecule has 0 spiro atoms. The van der Waals surface area contributed by atoms with Gasteiger partial charge in [-0.05, 0) is 87.2 Å². The highest BCUT2D eigenvalue weighted by atomic mass is 19.1. The van der Waals surface area contributed by atoms with Crippen molar-refractivity contribution in [2.75, 3.05) is 14.1 Å². The summed E-state index contributed by atoms with van der Waals surface area (Å²) in [5.41, 5.74) is 2.51. The number of halogens is 3. The number of nitrogens with one attached hydrogen (secondary N) is 1. The van der Waals surface area contributed by atoms with Gasteiger partial charge in [-0.3, -0.25) is 9.69 Å². The van der Waals surface area contributed by atoms with E-state index in [-0.39, 0.29) is 35.0 Å².